The smallest absolute Gasteiger partial charge is 0.416 e. The highest BCUT2D eigenvalue weighted by Crippen LogP contribution is 2.33. The molecule has 0 saturated carbocycles. The van der Waals surface area contributed by atoms with Crippen molar-refractivity contribution in [1.82, 2.24) is 14.8 Å². The molecule has 1 amide bonds. The second kappa shape index (κ2) is 9.50. The minimum atomic E-state index is -4.61. The third kappa shape index (κ3) is 5.84. The first-order chi connectivity index (χ1) is 15.1. The number of hydrogen-bond donors (Lipinski definition) is 1. The van der Waals surface area contributed by atoms with E-state index in [0.717, 1.165) is 29.3 Å². The zero-order valence-electron chi connectivity index (χ0n) is 17.1. The molecule has 0 atom stereocenters. The van der Waals surface area contributed by atoms with E-state index >= 15 is 0 Å². The Bertz CT molecular complexity index is 1110. The van der Waals surface area contributed by atoms with Crippen molar-refractivity contribution in [3.05, 3.63) is 65.7 Å². The fourth-order valence-corrected chi connectivity index (χ4v) is 2.72. The zero-order valence-corrected chi connectivity index (χ0v) is 17.1. The average Bonchev–Trinajstić information content (AvgIpc) is 3.27. The van der Waals surface area contributed by atoms with Crippen LogP contribution in [-0.2, 0) is 20.5 Å². The summed E-state index contributed by atoms with van der Waals surface area (Å²) in [6.07, 6.45) is -2.15. The van der Waals surface area contributed by atoms with Crippen molar-refractivity contribution in [3.8, 4) is 11.4 Å². The fraction of sp³-hybridized carbons (Fsp3) is 0.238. The van der Waals surface area contributed by atoms with Gasteiger partial charge in [-0.1, -0.05) is 12.1 Å². The molecule has 0 bridgehead atoms. The van der Waals surface area contributed by atoms with Crippen LogP contribution in [0, 0.1) is 13.8 Å². The van der Waals surface area contributed by atoms with Gasteiger partial charge >= 0.3 is 12.1 Å². The predicted octanol–water partition coefficient (Wildman–Crippen LogP) is 3.46. The molecule has 0 aliphatic carbocycles. The number of hydrogen-bond acceptors (Lipinski definition) is 6. The van der Waals surface area contributed by atoms with Crippen molar-refractivity contribution >= 4 is 17.6 Å². The van der Waals surface area contributed by atoms with E-state index in [1.165, 1.54) is 17.3 Å². The summed E-state index contributed by atoms with van der Waals surface area (Å²) < 4.78 is 50.7. The van der Waals surface area contributed by atoms with E-state index in [0.29, 0.717) is 5.75 Å². The number of rotatable bonds is 7. The molecule has 32 heavy (non-hydrogen) atoms. The second-order valence-corrected chi connectivity index (χ2v) is 6.84. The molecule has 168 valence electrons. The lowest BCUT2D eigenvalue weighted by Crippen LogP contribution is -2.24. The van der Waals surface area contributed by atoms with E-state index in [1.54, 1.807) is 6.07 Å². The largest absolute Gasteiger partial charge is 0.482 e. The van der Waals surface area contributed by atoms with E-state index in [2.05, 4.69) is 15.4 Å². The van der Waals surface area contributed by atoms with Crippen LogP contribution in [0.1, 0.15) is 16.7 Å². The summed E-state index contributed by atoms with van der Waals surface area (Å²) in [7, 11) is 0. The van der Waals surface area contributed by atoms with E-state index < -0.39 is 36.8 Å². The summed E-state index contributed by atoms with van der Waals surface area (Å²) in [4.78, 5) is 27.9. The van der Waals surface area contributed by atoms with E-state index in [-0.39, 0.29) is 11.4 Å². The van der Waals surface area contributed by atoms with Gasteiger partial charge < -0.3 is 14.8 Å². The average molecular weight is 448 g/mol. The molecule has 0 unspecified atom stereocenters. The Morgan fingerprint density at radius 2 is 1.88 bits per heavy atom. The van der Waals surface area contributed by atoms with Crippen molar-refractivity contribution in [2.45, 2.75) is 20.0 Å². The second-order valence-electron chi connectivity index (χ2n) is 6.84. The Balaban J connectivity index is 1.62. The number of nitrogens with zero attached hydrogens (tertiary/aromatic N) is 3. The maximum atomic E-state index is 13.1. The lowest BCUT2D eigenvalue weighted by atomic mass is 10.1. The number of halogens is 3. The first-order valence-electron chi connectivity index (χ1n) is 9.35. The van der Waals surface area contributed by atoms with Gasteiger partial charge in [0.05, 0.1) is 16.9 Å². The number of ether oxygens (including phenoxy) is 2. The summed E-state index contributed by atoms with van der Waals surface area (Å²) in [6, 6.07) is 8.26. The molecule has 11 heteroatoms. The molecular formula is C21H19F3N4O4. The normalized spacial score (nSPS) is 11.2. The van der Waals surface area contributed by atoms with Crippen LogP contribution >= 0.6 is 0 Å². The number of anilines is 1. The van der Waals surface area contributed by atoms with Gasteiger partial charge in [0.25, 0.3) is 5.91 Å². The van der Waals surface area contributed by atoms with Gasteiger partial charge in [0.1, 0.15) is 18.4 Å². The Hall–Kier alpha value is -3.89. The zero-order chi connectivity index (χ0) is 23.3. The van der Waals surface area contributed by atoms with Gasteiger partial charge in [-0.15, -0.1) is 0 Å². The summed E-state index contributed by atoms with van der Waals surface area (Å²) in [5.41, 5.74) is 0.802. The number of alkyl halides is 3. The number of aryl methyl sites for hydroxylation is 2. The summed E-state index contributed by atoms with van der Waals surface area (Å²) in [6.45, 7) is 2.55. The standard InChI is InChI=1S/C21H19F3N4O4/c1-13-3-4-14(2)18(7-13)31-10-20(30)32-9-19(29)27-16-8-15(21(22,23)24)5-6-17(16)28-12-25-11-26-28/h3-8,11-12H,9-10H2,1-2H3,(H,27,29). The fourth-order valence-electron chi connectivity index (χ4n) is 2.72. The molecule has 2 aromatic carbocycles. The highest BCUT2D eigenvalue weighted by atomic mass is 19.4. The molecule has 0 fully saturated rings. The molecule has 0 aliphatic heterocycles. The van der Waals surface area contributed by atoms with E-state index in [9.17, 15) is 22.8 Å². The molecule has 0 spiro atoms. The molecule has 0 aliphatic rings. The van der Waals surface area contributed by atoms with Gasteiger partial charge in [0, 0.05) is 0 Å². The van der Waals surface area contributed by atoms with Crippen molar-refractivity contribution in [1.29, 1.82) is 0 Å². The molecule has 1 N–H and O–H groups in total. The Kier molecular flexibility index (Phi) is 6.76. The molecule has 8 nitrogen and oxygen atoms in total. The predicted molar refractivity (Wildman–Crippen MR) is 107 cm³/mol. The van der Waals surface area contributed by atoms with Crippen LogP contribution in [0.4, 0.5) is 18.9 Å². The Labute approximate surface area is 181 Å². The summed E-state index contributed by atoms with van der Waals surface area (Å²) in [5.74, 6) is -1.12. The number of carbonyl (C=O) groups is 2. The number of benzene rings is 2. The molecule has 1 heterocycles. The van der Waals surface area contributed by atoms with Crippen LogP contribution in [0.3, 0.4) is 0 Å². The highest BCUT2D eigenvalue weighted by Gasteiger charge is 2.31. The lowest BCUT2D eigenvalue weighted by Gasteiger charge is -2.14. The van der Waals surface area contributed by atoms with Crippen LogP contribution < -0.4 is 10.1 Å². The molecule has 3 rings (SSSR count). The number of aromatic nitrogens is 3. The quantitative estimate of drug-likeness (QED) is 0.557. The van der Waals surface area contributed by atoms with Gasteiger partial charge in [-0.05, 0) is 49.2 Å². The topological polar surface area (TPSA) is 95.3 Å². The number of esters is 1. The van der Waals surface area contributed by atoms with Gasteiger partial charge in [0.2, 0.25) is 0 Å². The number of carbonyl (C=O) groups excluding carboxylic acids is 2. The van der Waals surface area contributed by atoms with Crippen molar-refractivity contribution in [2.24, 2.45) is 0 Å². The van der Waals surface area contributed by atoms with Crippen molar-refractivity contribution < 1.29 is 32.2 Å². The maximum absolute atomic E-state index is 13.1. The monoisotopic (exact) mass is 448 g/mol. The maximum Gasteiger partial charge on any atom is 0.416 e. The third-order valence-electron chi connectivity index (χ3n) is 4.32. The van der Waals surface area contributed by atoms with Crippen molar-refractivity contribution in [2.75, 3.05) is 18.5 Å². The first kappa shape index (κ1) is 22.8. The number of amides is 1. The lowest BCUT2D eigenvalue weighted by molar-refractivity contribution is -0.149. The van der Waals surface area contributed by atoms with E-state index in [4.69, 9.17) is 9.47 Å². The van der Waals surface area contributed by atoms with Crippen molar-refractivity contribution in [3.63, 3.8) is 0 Å². The molecule has 1 aromatic heterocycles. The summed E-state index contributed by atoms with van der Waals surface area (Å²) >= 11 is 0. The molecular weight excluding hydrogens is 429 g/mol. The van der Waals surface area contributed by atoms with E-state index in [1.807, 2.05) is 26.0 Å². The molecule has 0 saturated heterocycles. The van der Waals surface area contributed by atoms with Crippen LogP contribution in [0.2, 0.25) is 0 Å². The SMILES string of the molecule is Cc1ccc(C)c(OCC(=O)OCC(=O)Nc2cc(C(F)(F)F)ccc2-n2cncn2)c1. The first-order valence-corrected chi connectivity index (χ1v) is 9.35. The number of nitrogens with one attached hydrogen (secondary N) is 1. The molecule has 0 radical (unpaired) electrons. The van der Waals surface area contributed by atoms with Gasteiger partial charge in [-0.2, -0.15) is 18.3 Å². The van der Waals surface area contributed by atoms with Crippen LogP contribution in [0.25, 0.3) is 5.69 Å². The molecule has 3 aromatic rings. The minimum Gasteiger partial charge on any atom is -0.482 e. The van der Waals surface area contributed by atoms with Gasteiger partial charge in [-0.3, -0.25) is 4.79 Å². The van der Waals surface area contributed by atoms with Gasteiger partial charge in [0.15, 0.2) is 13.2 Å². The summed E-state index contributed by atoms with van der Waals surface area (Å²) in [5, 5.41) is 6.17. The minimum absolute atomic E-state index is 0.161. The Morgan fingerprint density at radius 1 is 1.09 bits per heavy atom. The third-order valence-corrected chi connectivity index (χ3v) is 4.32. The van der Waals surface area contributed by atoms with Crippen LogP contribution in [-0.4, -0.2) is 39.9 Å². The van der Waals surface area contributed by atoms with Crippen LogP contribution in [0.5, 0.6) is 5.75 Å². The van der Waals surface area contributed by atoms with Crippen LogP contribution in [0.15, 0.2) is 49.1 Å². The van der Waals surface area contributed by atoms with Gasteiger partial charge in [-0.25, -0.2) is 14.5 Å². The Morgan fingerprint density at radius 3 is 2.56 bits per heavy atom. The highest BCUT2D eigenvalue weighted by molar-refractivity contribution is 5.94.